The molecule has 4 N–H and O–H groups in total. The van der Waals surface area contributed by atoms with E-state index in [-0.39, 0.29) is 25.9 Å². The van der Waals surface area contributed by atoms with Crippen molar-refractivity contribution in [2.75, 3.05) is 13.2 Å². The fraction of sp³-hybridized carbons (Fsp3) is 0.667. The Balaban J connectivity index is -0.000000240. The third-order valence-electron chi connectivity index (χ3n) is 1.09. The minimum Gasteiger partial charge on any atom is -1.00 e. The van der Waals surface area contributed by atoms with Gasteiger partial charge in [0.05, 0.1) is 13.2 Å². The maximum atomic E-state index is 10.6. The molecule has 2 unspecified atom stereocenters. The molecule has 0 saturated heterocycles. The smallest absolute Gasteiger partial charge is 1.00 e. The summed E-state index contributed by atoms with van der Waals surface area (Å²) in [5.41, 5.74) is 0. The molecule has 0 amide bonds. The normalized spacial score (nSPS) is 13.7. The number of rotatable bonds is 4. The van der Waals surface area contributed by atoms with E-state index >= 15 is 0 Å². The van der Waals surface area contributed by atoms with E-state index in [2.05, 4.69) is 4.74 Å². The van der Waals surface area contributed by atoms with Gasteiger partial charge in [-0.2, -0.15) is 0 Å². The summed E-state index contributed by atoms with van der Waals surface area (Å²) < 4.78 is 3.86. The molecule has 0 saturated carbocycles. The molecule has 0 aromatic heterocycles. The van der Waals surface area contributed by atoms with Crippen LogP contribution in [-0.2, 0) is 14.3 Å². The molecule has 14 heavy (non-hydrogen) atoms. The molecule has 0 aliphatic rings. The molecule has 8 heteroatoms. The number of aliphatic hydroxyl groups excluding tert-OH is 4. The Bertz CT molecular complexity index is 183. The van der Waals surface area contributed by atoms with Crippen molar-refractivity contribution in [1.82, 2.24) is 0 Å². The first kappa shape index (κ1) is 16.2. The maximum Gasteiger partial charge on any atom is 2.00 e. The van der Waals surface area contributed by atoms with Crippen molar-refractivity contribution < 1.29 is 37.6 Å². The van der Waals surface area contributed by atoms with Crippen LogP contribution in [0.3, 0.4) is 0 Å². The van der Waals surface area contributed by atoms with Crippen LogP contribution >= 0.6 is 0 Å². The number of carbonyl (C=O) groups excluding carboxylic acids is 2. The van der Waals surface area contributed by atoms with Crippen LogP contribution in [0.4, 0.5) is 0 Å². The summed E-state index contributed by atoms with van der Waals surface area (Å²) in [4.78, 5) is 21.1. The summed E-state index contributed by atoms with van der Waals surface area (Å²) in [6, 6.07) is 0. The Kier molecular flexibility index (Phi) is 9.35. The monoisotopic (exact) mass is 220 g/mol. The summed E-state index contributed by atoms with van der Waals surface area (Å²) in [7, 11) is 0. The van der Waals surface area contributed by atoms with Crippen molar-refractivity contribution in [3.05, 3.63) is 0 Å². The van der Waals surface area contributed by atoms with Crippen LogP contribution in [0.1, 0.15) is 2.85 Å². The Labute approximate surface area is 98.4 Å². The molecular formula is C6H12MgO7. The second-order valence-corrected chi connectivity index (χ2v) is 2.14. The van der Waals surface area contributed by atoms with Gasteiger partial charge in [-0.05, 0) is 0 Å². The Morgan fingerprint density at radius 2 is 1.36 bits per heavy atom. The summed E-state index contributed by atoms with van der Waals surface area (Å²) in [6.07, 6.45) is -3.65. The maximum absolute atomic E-state index is 10.6. The SMILES string of the molecule is O=C(OC(=O)C(O)CO)C(O)CO.[H-].[H-].[Mg+2]. The van der Waals surface area contributed by atoms with Gasteiger partial charge in [-0.1, -0.05) is 0 Å². The molecule has 2 atom stereocenters. The van der Waals surface area contributed by atoms with Crippen LogP contribution in [0, 0.1) is 0 Å². The van der Waals surface area contributed by atoms with Crippen LogP contribution in [0.15, 0.2) is 0 Å². The number of ether oxygens (including phenoxy) is 1. The van der Waals surface area contributed by atoms with Crippen molar-refractivity contribution >= 4 is 35.0 Å². The quantitative estimate of drug-likeness (QED) is 0.221. The zero-order chi connectivity index (χ0) is 10.4. The molecule has 0 aliphatic heterocycles. The van der Waals surface area contributed by atoms with Gasteiger partial charge in [0.1, 0.15) is 0 Å². The Morgan fingerprint density at radius 3 is 1.57 bits per heavy atom. The van der Waals surface area contributed by atoms with E-state index in [0.29, 0.717) is 0 Å². The average Bonchev–Trinajstić information content (AvgIpc) is 2.14. The molecule has 7 nitrogen and oxygen atoms in total. The molecule has 80 valence electrons. The summed E-state index contributed by atoms with van der Waals surface area (Å²) in [5, 5.41) is 33.7. The second-order valence-electron chi connectivity index (χ2n) is 2.14. The van der Waals surface area contributed by atoms with Crippen LogP contribution in [0.5, 0.6) is 0 Å². The van der Waals surface area contributed by atoms with E-state index in [9.17, 15) is 9.59 Å². The van der Waals surface area contributed by atoms with Crippen LogP contribution < -0.4 is 0 Å². The molecule has 0 fully saturated rings. The molecule has 0 bridgehead atoms. The Morgan fingerprint density at radius 1 is 1.07 bits per heavy atom. The van der Waals surface area contributed by atoms with Gasteiger partial charge in [0.15, 0.2) is 12.2 Å². The third kappa shape index (κ3) is 5.47. The van der Waals surface area contributed by atoms with Crippen molar-refractivity contribution in [2.45, 2.75) is 12.2 Å². The summed E-state index contributed by atoms with van der Waals surface area (Å²) >= 11 is 0. The largest absolute Gasteiger partial charge is 2.00 e. The number of aliphatic hydroxyl groups is 4. The fourth-order valence-corrected chi connectivity index (χ4v) is 0.384. The zero-order valence-corrected chi connectivity index (χ0v) is 8.70. The van der Waals surface area contributed by atoms with Gasteiger partial charge in [0.25, 0.3) is 0 Å². The third-order valence-corrected chi connectivity index (χ3v) is 1.09. The van der Waals surface area contributed by atoms with Crippen LogP contribution in [-0.4, -0.2) is 80.8 Å². The van der Waals surface area contributed by atoms with E-state index in [1.807, 2.05) is 0 Å². The van der Waals surface area contributed by atoms with E-state index in [1.165, 1.54) is 0 Å². The van der Waals surface area contributed by atoms with Gasteiger partial charge in [0.2, 0.25) is 0 Å². The van der Waals surface area contributed by atoms with E-state index in [4.69, 9.17) is 20.4 Å². The van der Waals surface area contributed by atoms with E-state index in [0.717, 1.165) is 0 Å². The number of hydrogen-bond donors (Lipinski definition) is 4. The molecular weight excluding hydrogens is 208 g/mol. The van der Waals surface area contributed by atoms with Crippen molar-refractivity contribution in [3.63, 3.8) is 0 Å². The molecule has 0 radical (unpaired) electrons. The van der Waals surface area contributed by atoms with Gasteiger partial charge in [-0.3, -0.25) is 0 Å². The molecule has 0 heterocycles. The average molecular weight is 220 g/mol. The predicted molar refractivity (Wildman–Crippen MR) is 45.3 cm³/mol. The van der Waals surface area contributed by atoms with Crippen molar-refractivity contribution in [3.8, 4) is 0 Å². The van der Waals surface area contributed by atoms with Gasteiger partial charge >= 0.3 is 35.0 Å². The Hall–Kier alpha value is -0.254. The fourth-order valence-electron chi connectivity index (χ4n) is 0.384. The number of esters is 2. The first-order valence-electron chi connectivity index (χ1n) is 3.36. The second kappa shape index (κ2) is 8.09. The van der Waals surface area contributed by atoms with Crippen molar-refractivity contribution in [1.29, 1.82) is 0 Å². The van der Waals surface area contributed by atoms with Crippen LogP contribution in [0.2, 0.25) is 0 Å². The number of carbonyl (C=O) groups is 2. The van der Waals surface area contributed by atoms with Crippen LogP contribution in [0.25, 0.3) is 0 Å². The minimum atomic E-state index is -1.82. The van der Waals surface area contributed by atoms with Gasteiger partial charge in [0, 0.05) is 0 Å². The van der Waals surface area contributed by atoms with Gasteiger partial charge in [-0.15, -0.1) is 0 Å². The molecule has 0 aliphatic carbocycles. The molecule has 0 aromatic rings. The van der Waals surface area contributed by atoms with E-state index in [1.54, 1.807) is 0 Å². The zero-order valence-electron chi connectivity index (χ0n) is 9.29. The molecule has 0 spiro atoms. The van der Waals surface area contributed by atoms with Gasteiger partial charge in [-0.25, -0.2) is 9.59 Å². The van der Waals surface area contributed by atoms with Gasteiger partial charge < -0.3 is 28.0 Å². The molecule has 0 rings (SSSR count). The number of hydrogen-bond acceptors (Lipinski definition) is 7. The first-order valence-corrected chi connectivity index (χ1v) is 3.36. The van der Waals surface area contributed by atoms with Crippen molar-refractivity contribution in [2.24, 2.45) is 0 Å². The minimum absolute atomic E-state index is 0. The standard InChI is InChI=1S/C6H10O7.Mg.2H/c7-1-3(9)5(11)13-6(12)4(10)2-8;;;/h3-4,7-10H,1-2H2;;;/q;+2;2*-1. The first-order chi connectivity index (χ1) is 6.02. The molecule has 0 aromatic carbocycles. The topological polar surface area (TPSA) is 124 Å². The summed E-state index contributed by atoms with van der Waals surface area (Å²) in [6.45, 7) is -1.78. The summed E-state index contributed by atoms with van der Waals surface area (Å²) in [5.74, 6) is -2.75. The van der Waals surface area contributed by atoms with E-state index < -0.39 is 37.4 Å². The predicted octanol–water partition coefficient (Wildman–Crippen LogP) is -3.39.